The Kier molecular flexibility index (Phi) is 8.16. The summed E-state index contributed by atoms with van der Waals surface area (Å²) in [7, 11) is 0. The number of rotatable bonds is 8. The Morgan fingerprint density at radius 2 is 2.00 bits per heavy atom. The lowest BCUT2D eigenvalue weighted by Crippen LogP contribution is -2.55. The molecule has 0 unspecified atom stereocenters. The summed E-state index contributed by atoms with van der Waals surface area (Å²) in [5, 5.41) is 22.5. The van der Waals surface area contributed by atoms with Crippen LogP contribution in [0.15, 0.2) is 67.8 Å². The minimum absolute atomic E-state index is 0.188. The number of hydrogen-bond donors (Lipinski definition) is 0. The van der Waals surface area contributed by atoms with E-state index in [0.717, 1.165) is 29.2 Å². The molecule has 44 heavy (non-hydrogen) atoms. The number of ether oxygens (including phenoxy) is 1. The first kappa shape index (κ1) is 28.8. The minimum Gasteiger partial charge on any atom is -0.475 e. The first-order valence-electron chi connectivity index (χ1n) is 14.8. The highest BCUT2D eigenvalue weighted by Crippen LogP contribution is 2.40. The Morgan fingerprint density at radius 3 is 2.75 bits per heavy atom. The van der Waals surface area contributed by atoms with Gasteiger partial charge in [0.1, 0.15) is 18.2 Å². The largest absolute Gasteiger partial charge is 0.475 e. The number of benzene rings is 2. The lowest BCUT2D eigenvalue weighted by molar-refractivity contribution is -0.128. The molecule has 6 rings (SSSR count). The average molecular weight is 587 g/mol. The summed E-state index contributed by atoms with van der Waals surface area (Å²) in [6.45, 7) is 9.37. The molecular weight excluding hydrogens is 552 g/mol. The molecule has 4 aromatic rings. The van der Waals surface area contributed by atoms with Crippen LogP contribution in [0, 0.1) is 29.6 Å². The second-order valence-corrected chi connectivity index (χ2v) is 11.1. The van der Waals surface area contributed by atoms with Crippen LogP contribution in [0.5, 0.6) is 5.88 Å². The summed E-state index contributed by atoms with van der Waals surface area (Å²) in [6, 6.07) is 17.1. The molecule has 4 heterocycles. The van der Waals surface area contributed by atoms with E-state index in [2.05, 4.69) is 76.8 Å². The average Bonchev–Trinajstić information content (AvgIpc) is 3.57. The quantitative estimate of drug-likeness (QED) is 0.280. The van der Waals surface area contributed by atoms with Gasteiger partial charge in [-0.25, -0.2) is 9.97 Å². The lowest BCUT2D eigenvalue weighted by Gasteiger charge is -2.43. The third-order valence-electron chi connectivity index (χ3n) is 8.57. The number of hydrogen-bond acceptors (Lipinski definition) is 8. The van der Waals surface area contributed by atoms with Gasteiger partial charge in [0.15, 0.2) is 0 Å². The number of carbonyl (C=O) groups excluding carboxylic acids is 1. The summed E-state index contributed by atoms with van der Waals surface area (Å²) in [4.78, 5) is 27.9. The first-order chi connectivity index (χ1) is 21.5. The fourth-order valence-electron chi connectivity index (χ4n) is 6.48. The van der Waals surface area contributed by atoms with Crippen molar-refractivity contribution in [3.05, 3.63) is 90.2 Å². The number of piperazine rings is 1. The van der Waals surface area contributed by atoms with Crippen LogP contribution in [-0.2, 0) is 24.3 Å². The maximum atomic E-state index is 12.6. The van der Waals surface area contributed by atoms with E-state index in [0.29, 0.717) is 57.2 Å². The van der Waals surface area contributed by atoms with Gasteiger partial charge in [0, 0.05) is 55.2 Å². The Bertz CT molecular complexity index is 1780. The number of aryl methyl sites for hydroxylation is 1. The van der Waals surface area contributed by atoms with Crippen molar-refractivity contribution in [2.75, 3.05) is 42.6 Å². The van der Waals surface area contributed by atoms with Crippen molar-refractivity contribution in [1.29, 1.82) is 10.5 Å². The smallest absolute Gasteiger partial charge is 0.246 e. The molecule has 10 nitrogen and oxygen atoms in total. The van der Waals surface area contributed by atoms with Gasteiger partial charge >= 0.3 is 0 Å². The highest BCUT2D eigenvalue weighted by molar-refractivity contribution is 5.97. The van der Waals surface area contributed by atoms with Crippen molar-refractivity contribution < 1.29 is 9.53 Å². The van der Waals surface area contributed by atoms with E-state index < -0.39 is 0 Å². The number of aromatic nitrogens is 3. The van der Waals surface area contributed by atoms with Crippen LogP contribution >= 0.6 is 0 Å². The number of carbonyl (C=O) groups is 1. The Hall–Kier alpha value is -5.35. The van der Waals surface area contributed by atoms with Gasteiger partial charge < -0.3 is 24.0 Å². The highest BCUT2D eigenvalue weighted by Gasteiger charge is 2.35. The summed E-state index contributed by atoms with van der Waals surface area (Å²) >= 11 is 0. The fraction of sp³-hybridized carbons (Fsp3) is 0.324. The molecule has 0 radical (unpaired) electrons. The zero-order valence-corrected chi connectivity index (χ0v) is 24.8. The van der Waals surface area contributed by atoms with Crippen LogP contribution in [0.25, 0.3) is 10.8 Å². The third-order valence-corrected chi connectivity index (χ3v) is 8.57. The van der Waals surface area contributed by atoms with Crippen molar-refractivity contribution in [3.63, 3.8) is 0 Å². The maximum Gasteiger partial charge on any atom is 0.246 e. The van der Waals surface area contributed by atoms with Gasteiger partial charge in [-0.1, -0.05) is 36.9 Å². The van der Waals surface area contributed by atoms with Gasteiger partial charge in [0.25, 0.3) is 0 Å². The molecule has 0 N–H and O–H groups in total. The molecule has 2 aliphatic rings. The van der Waals surface area contributed by atoms with Crippen LogP contribution in [-0.4, -0.2) is 64.2 Å². The molecule has 0 aliphatic carbocycles. The molecule has 1 amide bonds. The number of anilines is 2. The predicted octanol–water partition coefficient (Wildman–Crippen LogP) is 4.37. The van der Waals surface area contributed by atoms with Crippen LogP contribution < -0.4 is 14.5 Å². The number of imidazole rings is 1. The van der Waals surface area contributed by atoms with Crippen molar-refractivity contribution in [1.82, 2.24) is 19.4 Å². The number of pyridine rings is 1. The van der Waals surface area contributed by atoms with Gasteiger partial charge in [-0.3, -0.25) is 4.79 Å². The zero-order chi connectivity index (χ0) is 30.6. The van der Waals surface area contributed by atoms with Gasteiger partial charge in [0.05, 0.1) is 49.3 Å². The highest BCUT2D eigenvalue weighted by atomic mass is 16.5. The monoisotopic (exact) mass is 586 g/mol. The molecule has 2 aliphatic heterocycles. The molecule has 1 fully saturated rings. The molecular formula is C34H34N8O2. The Morgan fingerprint density at radius 1 is 1.16 bits per heavy atom. The molecule has 0 spiro atoms. The van der Waals surface area contributed by atoms with E-state index in [1.54, 1.807) is 17.4 Å². The first-order valence-corrected chi connectivity index (χ1v) is 14.8. The second kappa shape index (κ2) is 12.5. The number of nitriles is 2. The number of amides is 1. The van der Waals surface area contributed by atoms with Crippen LogP contribution in [0.4, 0.5) is 11.4 Å². The van der Waals surface area contributed by atoms with Gasteiger partial charge in [-0.15, -0.1) is 0 Å². The van der Waals surface area contributed by atoms with Crippen LogP contribution in [0.1, 0.15) is 28.8 Å². The normalized spacial score (nSPS) is 16.2. The summed E-state index contributed by atoms with van der Waals surface area (Å²) in [5.74, 6) is 0.116. The minimum atomic E-state index is -0.320. The molecule has 0 saturated carbocycles. The van der Waals surface area contributed by atoms with E-state index in [1.165, 1.54) is 22.4 Å². The second-order valence-electron chi connectivity index (χ2n) is 11.1. The topological polar surface area (TPSA) is 114 Å². The molecule has 1 atom stereocenters. The standard InChI is InChI=1S/C34H34N8O2/c1-3-31(43)42-17-16-41(21-26(42)10-12-35)33-27-11-14-40(30-9-5-8-25-7-4-6-24(2)32(25)30)22-29(27)38-34(28(33)20-36)44-19-18-39-15-13-37-23-39/h3-9,13,15,23,26H,1,10-11,14,16-19,21-22H2,2H3/t26-/m0/s1. The predicted molar refractivity (Wildman–Crippen MR) is 168 cm³/mol. The van der Waals surface area contributed by atoms with Crippen LogP contribution in [0.2, 0.25) is 0 Å². The van der Waals surface area contributed by atoms with Gasteiger partial charge in [-0.05, 0) is 36.4 Å². The van der Waals surface area contributed by atoms with Crippen molar-refractivity contribution in [3.8, 4) is 18.0 Å². The van der Waals surface area contributed by atoms with E-state index in [4.69, 9.17) is 9.72 Å². The Balaban J connectivity index is 1.40. The van der Waals surface area contributed by atoms with E-state index in [9.17, 15) is 15.3 Å². The van der Waals surface area contributed by atoms with Crippen molar-refractivity contribution in [2.24, 2.45) is 0 Å². The molecule has 222 valence electrons. The zero-order valence-electron chi connectivity index (χ0n) is 24.8. The summed E-state index contributed by atoms with van der Waals surface area (Å²) in [5.41, 5.74) is 5.47. The van der Waals surface area contributed by atoms with Crippen molar-refractivity contribution in [2.45, 2.75) is 38.9 Å². The Labute approximate surface area is 257 Å². The molecule has 0 bridgehead atoms. The lowest BCUT2D eigenvalue weighted by atomic mass is 9.95. The van der Waals surface area contributed by atoms with E-state index in [1.807, 2.05) is 10.8 Å². The maximum absolute atomic E-state index is 12.6. The van der Waals surface area contributed by atoms with E-state index >= 15 is 0 Å². The number of fused-ring (bicyclic) bond motifs is 2. The van der Waals surface area contributed by atoms with Crippen molar-refractivity contribution >= 4 is 28.1 Å². The van der Waals surface area contributed by atoms with Crippen LogP contribution in [0.3, 0.4) is 0 Å². The molecule has 10 heteroatoms. The summed E-state index contributed by atoms with van der Waals surface area (Å²) in [6.07, 6.45) is 7.48. The van der Waals surface area contributed by atoms with Gasteiger partial charge in [-0.2, -0.15) is 10.5 Å². The van der Waals surface area contributed by atoms with Gasteiger partial charge in [0.2, 0.25) is 11.8 Å². The number of nitrogens with zero attached hydrogens (tertiary/aromatic N) is 8. The third kappa shape index (κ3) is 5.43. The van der Waals surface area contributed by atoms with E-state index in [-0.39, 0.29) is 18.4 Å². The fourth-order valence-corrected chi connectivity index (χ4v) is 6.48. The SMILES string of the molecule is C=CC(=O)N1CCN(c2c(C#N)c(OCCn3ccnc3)nc3c2CCN(c2cccc4cccc(C)c24)C3)C[C@@H]1CC#N. The molecule has 2 aromatic heterocycles. The molecule has 2 aromatic carbocycles. The molecule has 1 saturated heterocycles. The summed E-state index contributed by atoms with van der Waals surface area (Å²) < 4.78 is 8.14.